The van der Waals surface area contributed by atoms with E-state index in [1.807, 2.05) is 32.0 Å². The molecule has 0 radical (unpaired) electrons. The van der Waals surface area contributed by atoms with Crippen LogP contribution in [0.15, 0.2) is 36.5 Å². The van der Waals surface area contributed by atoms with Gasteiger partial charge >= 0.3 is 0 Å². The number of rotatable bonds is 3. The first-order chi connectivity index (χ1) is 9.10. The van der Waals surface area contributed by atoms with Crippen LogP contribution in [0.25, 0.3) is 0 Å². The summed E-state index contributed by atoms with van der Waals surface area (Å²) in [6, 6.07) is 9.17. The predicted molar refractivity (Wildman–Crippen MR) is 74.7 cm³/mol. The minimum absolute atomic E-state index is 0.203. The molecule has 2 aromatic rings. The fourth-order valence-corrected chi connectivity index (χ4v) is 1.74. The van der Waals surface area contributed by atoms with Gasteiger partial charge in [-0.1, -0.05) is 11.6 Å². The van der Waals surface area contributed by atoms with Crippen molar-refractivity contribution in [2.75, 3.05) is 12.4 Å². The maximum Gasteiger partial charge on any atom is 0.259 e. The number of aryl methyl sites for hydroxylation is 2. The van der Waals surface area contributed by atoms with Crippen molar-refractivity contribution in [3.63, 3.8) is 0 Å². The smallest absolute Gasteiger partial charge is 0.259 e. The van der Waals surface area contributed by atoms with Crippen LogP contribution in [0.1, 0.15) is 21.6 Å². The van der Waals surface area contributed by atoms with E-state index in [-0.39, 0.29) is 5.91 Å². The molecule has 0 atom stereocenters. The van der Waals surface area contributed by atoms with Gasteiger partial charge < -0.3 is 10.1 Å². The van der Waals surface area contributed by atoms with Gasteiger partial charge in [0.05, 0.1) is 24.6 Å². The summed E-state index contributed by atoms with van der Waals surface area (Å²) in [5.74, 6) is 0.356. The van der Waals surface area contributed by atoms with Crippen molar-refractivity contribution in [2.24, 2.45) is 0 Å². The van der Waals surface area contributed by atoms with E-state index in [0.29, 0.717) is 17.0 Å². The summed E-state index contributed by atoms with van der Waals surface area (Å²) in [7, 11) is 1.55. The molecular formula is C15H16N2O2. The topological polar surface area (TPSA) is 51.2 Å². The Balaban J connectivity index is 2.24. The summed E-state index contributed by atoms with van der Waals surface area (Å²) in [6.07, 6.45) is 1.63. The van der Waals surface area contributed by atoms with Crippen molar-refractivity contribution in [2.45, 2.75) is 13.8 Å². The van der Waals surface area contributed by atoms with Gasteiger partial charge in [-0.25, -0.2) is 0 Å². The number of nitrogens with zero attached hydrogens (tertiary/aromatic N) is 1. The average Bonchev–Trinajstić information content (AvgIpc) is 2.41. The number of aromatic nitrogens is 1. The number of anilines is 1. The Labute approximate surface area is 112 Å². The van der Waals surface area contributed by atoms with Gasteiger partial charge in [-0.3, -0.25) is 9.78 Å². The Morgan fingerprint density at radius 2 is 2.00 bits per heavy atom. The van der Waals surface area contributed by atoms with Crippen molar-refractivity contribution in [1.29, 1.82) is 0 Å². The van der Waals surface area contributed by atoms with Crippen LogP contribution in [0.5, 0.6) is 5.75 Å². The largest absolute Gasteiger partial charge is 0.496 e. The molecule has 98 valence electrons. The Morgan fingerprint density at radius 1 is 1.21 bits per heavy atom. The molecule has 2 rings (SSSR count). The highest BCUT2D eigenvalue weighted by atomic mass is 16.5. The Morgan fingerprint density at radius 3 is 2.63 bits per heavy atom. The van der Waals surface area contributed by atoms with Crippen LogP contribution >= 0.6 is 0 Å². The van der Waals surface area contributed by atoms with Crippen molar-refractivity contribution < 1.29 is 9.53 Å². The molecule has 1 aromatic heterocycles. The Kier molecular flexibility index (Phi) is 3.80. The van der Waals surface area contributed by atoms with Crippen LogP contribution in [-0.2, 0) is 0 Å². The second kappa shape index (κ2) is 5.52. The monoisotopic (exact) mass is 256 g/mol. The van der Waals surface area contributed by atoms with Crippen LogP contribution in [-0.4, -0.2) is 18.0 Å². The molecular weight excluding hydrogens is 240 g/mol. The van der Waals surface area contributed by atoms with E-state index in [4.69, 9.17) is 4.74 Å². The zero-order valence-corrected chi connectivity index (χ0v) is 11.2. The minimum Gasteiger partial charge on any atom is -0.496 e. The average molecular weight is 256 g/mol. The number of nitrogens with one attached hydrogen (secondary N) is 1. The lowest BCUT2D eigenvalue weighted by molar-refractivity contribution is 0.102. The van der Waals surface area contributed by atoms with Gasteiger partial charge in [-0.05, 0) is 38.1 Å². The number of pyridine rings is 1. The van der Waals surface area contributed by atoms with Crippen LogP contribution in [0, 0.1) is 13.8 Å². The number of hydrogen-bond acceptors (Lipinski definition) is 3. The van der Waals surface area contributed by atoms with Gasteiger partial charge in [-0.2, -0.15) is 0 Å². The zero-order valence-electron chi connectivity index (χ0n) is 11.2. The quantitative estimate of drug-likeness (QED) is 0.918. The van der Waals surface area contributed by atoms with Gasteiger partial charge in [-0.15, -0.1) is 0 Å². The lowest BCUT2D eigenvalue weighted by Crippen LogP contribution is -2.13. The molecule has 19 heavy (non-hydrogen) atoms. The normalized spacial score (nSPS) is 10.1. The van der Waals surface area contributed by atoms with E-state index in [9.17, 15) is 4.79 Å². The first kappa shape index (κ1) is 13.1. The van der Waals surface area contributed by atoms with Gasteiger partial charge in [0.25, 0.3) is 5.91 Å². The Bertz CT molecular complexity index is 592. The molecule has 0 fully saturated rings. The van der Waals surface area contributed by atoms with Gasteiger partial charge in [0.2, 0.25) is 0 Å². The summed E-state index contributed by atoms with van der Waals surface area (Å²) in [5, 5.41) is 2.81. The van der Waals surface area contributed by atoms with Gasteiger partial charge in [0.1, 0.15) is 5.75 Å². The molecule has 0 bridgehead atoms. The fraction of sp³-hybridized carbons (Fsp3) is 0.200. The Hall–Kier alpha value is -2.36. The van der Waals surface area contributed by atoms with Crippen LogP contribution < -0.4 is 10.1 Å². The molecule has 0 saturated carbocycles. The van der Waals surface area contributed by atoms with E-state index in [0.717, 1.165) is 11.3 Å². The van der Waals surface area contributed by atoms with Gasteiger partial charge in [0.15, 0.2) is 0 Å². The molecule has 1 heterocycles. The summed E-state index contributed by atoms with van der Waals surface area (Å²) in [6.45, 7) is 3.83. The lowest BCUT2D eigenvalue weighted by Gasteiger charge is -2.10. The first-order valence-corrected chi connectivity index (χ1v) is 5.99. The number of benzene rings is 1. The molecule has 1 aromatic carbocycles. The third-order valence-electron chi connectivity index (χ3n) is 2.77. The second-order valence-corrected chi connectivity index (χ2v) is 4.35. The van der Waals surface area contributed by atoms with Gasteiger partial charge in [0, 0.05) is 5.69 Å². The fourth-order valence-electron chi connectivity index (χ4n) is 1.74. The van der Waals surface area contributed by atoms with Crippen LogP contribution in [0.3, 0.4) is 0 Å². The summed E-state index contributed by atoms with van der Waals surface area (Å²) in [4.78, 5) is 16.4. The highest BCUT2D eigenvalue weighted by Crippen LogP contribution is 2.21. The standard InChI is InChI=1S/C15H16N2O2/c1-10-4-7-14(19-3)13(8-10)15(18)17-12-6-5-11(2)16-9-12/h4-9H,1-3H3,(H,17,18). The minimum atomic E-state index is -0.203. The zero-order chi connectivity index (χ0) is 13.8. The van der Waals surface area contributed by atoms with E-state index >= 15 is 0 Å². The van der Waals surface area contributed by atoms with Crippen molar-refractivity contribution in [3.05, 3.63) is 53.3 Å². The number of hydrogen-bond donors (Lipinski definition) is 1. The summed E-state index contributed by atoms with van der Waals surface area (Å²) < 4.78 is 5.20. The molecule has 0 unspecified atom stereocenters. The molecule has 0 aliphatic carbocycles. The highest BCUT2D eigenvalue weighted by Gasteiger charge is 2.12. The molecule has 0 aliphatic heterocycles. The molecule has 4 heteroatoms. The van der Waals surface area contributed by atoms with Crippen LogP contribution in [0.2, 0.25) is 0 Å². The molecule has 0 spiro atoms. The van der Waals surface area contributed by atoms with Crippen molar-refractivity contribution in [3.8, 4) is 5.75 Å². The predicted octanol–water partition coefficient (Wildman–Crippen LogP) is 2.96. The molecule has 1 N–H and O–H groups in total. The highest BCUT2D eigenvalue weighted by molar-refractivity contribution is 6.06. The molecule has 0 aliphatic rings. The third-order valence-corrected chi connectivity index (χ3v) is 2.77. The SMILES string of the molecule is COc1ccc(C)cc1C(=O)Nc1ccc(C)nc1. The maximum atomic E-state index is 12.2. The second-order valence-electron chi connectivity index (χ2n) is 4.35. The van der Waals surface area contributed by atoms with Crippen LogP contribution in [0.4, 0.5) is 5.69 Å². The van der Waals surface area contributed by atoms with Crippen molar-refractivity contribution >= 4 is 11.6 Å². The third kappa shape index (κ3) is 3.10. The molecule has 0 saturated heterocycles. The van der Waals surface area contributed by atoms with Crippen molar-refractivity contribution in [1.82, 2.24) is 4.98 Å². The number of ether oxygens (including phenoxy) is 1. The summed E-state index contributed by atoms with van der Waals surface area (Å²) in [5.41, 5.74) is 3.10. The number of amides is 1. The molecule has 1 amide bonds. The van der Waals surface area contributed by atoms with E-state index in [2.05, 4.69) is 10.3 Å². The molecule has 4 nitrogen and oxygen atoms in total. The number of carbonyl (C=O) groups is 1. The number of methoxy groups -OCH3 is 1. The number of carbonyl (C=O) groups excluding carboxylic acids is 1. The van der Waals surface area contributed by atoms with E-state index < -0.39 is 0 Å². The lowest BCUT2D eigenvalue weighted by atomic mass is 10.1. The summed E-state index contributed by atoms with van der Waals surface area (Å²) >= 11 is 0. The first-order valence-electron chi connectivity index (χ1n) is 5.99. The van der Waals surface area contributed by atoms with E-state index in [1.54, 1.807) is 25.4 Å². The van der Waals surface area contributed by atoms with E-state index in [1.165, 1.54) is 0 Å². The maximum absolute atomic E-state index is 12.2.